The molecule has 3 rings (SSSR count). The van der Waals surface area contributed by atoms with Crippen LogP contribution in [0.4, 0.5) is 5.69 Å². The maximum atomic E-state index is 11.7. The Labute approximate surface area is 116 Å². The van der Waals surface area contributed by atoms with Gasteiger partial charge in [0.05, 0.1) is 10.5 Å². The molecule has 0 aliphatic rings. The maximum Gasteiger partial charge on any atom is 0.329 e. The second-order valence-corrected chi connectivity index (χ2v) is 4.38. The third-order valence-electron chi connectivity index (χ3n) is 3.11. The average Bonchev–Trinajstić information content (AvgIpc) is 2.90. The lowest BCUT2D eigenvalue weighted by Crippen LogP contribution is -2.28. The number of hydrogen-bond donors (Lipinski definition) is 2. The minimum absolute atomic E-state index is 0.0882. The summed E-state index contributed by atoms with van der Waals surface area (Å²) in [5.41, 5.74) is -0.899. The highest BCUT2D eigenvalue weighted by atomic mass is 16.6. The maximum absolute atomic E-state index is 11.7. The number of aromatic nitrogens is 4. The summed E-state index contributed by atoms with van der Waals surface area (Å²) in [7, 11) is 1.45. The van der Waals surface area contributed by atoms with Gasteiger partial charge in [0.25, 0.3) is 11.2 Å². The van der Waals surface area contributed by atoms with E-state index in [9.17, 15) is 19.7 Å². The Hall–Kier alpha value is -3.23. The largest absolute Gasteiger partial charge is 0.332 e. The molecular formula is C12H9N5O4. The third kappa shape index (κ3) is 1.91. The number of imidazole rings is 1. The monoisotopic (exact) mass is 287 g/mol. The molecule has 0 bridgehead atoms. The van der Waals surface area contributed by atoms with E-state index in [1.807, 2.05) is 0 Å². The molecular weight excluding hydrogens is 278 g/mol. The zero-order chi connectivity index (χ0) is 15.1. The summed E-state index contributed by atoms with van der Waals surface area (Å²) in [6.07, 6.45) is 0. The van der Waals surface area contributed by atoms with E-state index in [0.717, 1.165) is 4.57 Å². The predicted molar refractivity (Wildman–Crippen MR) is 74.0 cm³/mol. The Kier molecular flexibility index (Phi) is 2.68. The first-order valence-electron chi connectivity index (χ1n) is 5.92. The van der Waals surface area contributed by atoms with Gasteiger partial charge in [0.2, 0.25) is 0 Å². The molecule has 106 valence electrons. The molecule has 2 aromatic heterocycles. The summed E-state index contributed by atoms with van der Waals surface area (Å²) in [6, 6.07) is 6.01. The molecule has 21 heavy (non-hydrogen) atoms. The zero-order valence-corrected chi connectivity index (χ0v) is 10.8. The quantitative estimate of drug-likeness (QED) is 0.525. The van der Waals surface area contributed by atoms with Gasteiger partial charge in [-0.25, -0.2) is 9.78 Å². The number of para-hydroxylation sites is 1. The highest BCUT2D eigenvalue weighted by Gasteiger charge is 2.19. The van der Waals surface area contributed by atoms with Crippen molar-refractivity contribution in [2.45, 2.75) is 0 Å². The molecule has 9 nitrogen and oxygen atoms in total. The summed E-state index contributed by atoms with van der Waals surface area (Å²) in [6.45, 7) is 0. The van der Waals surface area contributed by atoms with Crippen molar-refractivity contribution >= 4 is 16.9 Å². The SMILES string of the molecule is Cn1c(=O)[nH]c(=O)c2[nH]c(-c3ccccc3[N+](=O)[O-])nc21. The summed E-state index contributed by atoms with van der Waals surface area (Å²) >= 11 is 0. The van der Waals surface area contributed by atoms with Gasteiger partial charge in [0.15, 0.2) is 5.65 Å². The number of nitrogens with one attached hydrogen (secondary N) is 2. The molecule has 0 spiro atoms. The molecule has 0 saturated carbocycles. The summed E-state index contributed by atoms with van der Waals surface area (Å²) in [5, 5.41) is 11.0. The van der Waals surface area contributed by atoms with Gasteiger partial charge in [0.1, 0.15) is 11.3 Å². The van der Waals surface area contributed by atoms with E-state index in [1.54, 1.807) is 6.07 Å². The normalized spacial score (nSPS) is 10.9. The number of benzene rings is 1. The number of nitro benzene ring substituents is 1. The molecule has 0 aliphatic carbocycles. The third-order valence-corrected chi connectivity index (χ3v) is 3.11. The Balaban J connectivity index is 2.36. The number of aromatic amines is 2. The predicted octanol–water partition coefficient (Wildman–Crippen LogP) is 0.525. The minimum atomic E-state index is -0.620. The van der Waals surface area contributed by atoms with Crippen molar-refractivity contribution in [3.63, 3.8) is 0 Å². The van der Waals surface area contributed by atoms with Crippen molar-refractivity contribution < 1.29 is 4.92 Å². The zero-order valence-electron chi connectivity index (χ0n) is 10.8. The standard InChI is InChI=1S/C12H9N5O4/c1-16-10-8(11(18)15-12(16)19)13-9(14-10)6-4-2-3-5-7(6)17(20)21/h2-5H,1H3,(H,13,14)(H,15,18,19). The van der Waals surface area contributed by atoms with Crippen molar-refractivity contribution in [3.05, 3.63) is 55.2 Å². The van der Waals surface area contributed by atoms with E-state index in [1.165, 1.54) is 25.2 Å². The van der Waals surface area contributed by atoms with Crippen LogP contribution in [0.2, 0.25) is 0 Å². The molecule has 0 fully saturated rings. The van der Waals surface area contributed by atoms with Gasteiger partial charge < -0.3 is 4.98 Å². The Morgan fingerprint density at radius 3 is 2.67 bits per heavy atom. The minimum Gasteiger partial charge on any atom is -0.332 e. The highest BCUT2D eigenvalue weighted by Crippen LogP contribution is 2.27. The van der Waals surface area contributed by atoms with E-state index >= 15 is 0 Å². The number of fused-ring (bicyclic) bond motifs is 1. The Morgan fingerprint density at radius 1 is 1.24 bits per heavy atom. The van der Waals surface area contributed by atoms with Gasteiger partial charge in [-0.2, -0.15) is 0 Å². The highest BCUT2D eigenvalue weighted by molar-refractivity contribution is 5.78. The second-order valence-electron chi connectivity index (χ2n) is 4.38. The summed E-state index contributed by atoms with van der Waals surface area (Å²) in [5.74, 6) is 0.156. The van der Waals surface area contributed by atoms with E-state index in [4.69, 9.17) is 0 Å². The lowest BCUT2D eigenvalue weighted by Gasteiger charge is -1.98. The molecule has 0 saturated heterocycles. The molecule has 1 aromatic carbocycles. The molecule has 0 aliphatic heterocycles. The topological polar surface area (TPSA) is 127 Å². The van der Waals surface area contributed by atoms with Gasteiger partial charge in [-0.15, -0.1) is 0 Å². The van der Waals surface area contributed by atoms with E-state index in [0.29, 0.717) is 0 Å². The molecule has 3 aromatic rings. The van der Waals surface area contributed by atoms with Crippen LogP contribution in [0.1, 0.15) is 0 Å². The molecule has 9 heteroatoms. The molecule has 2 N–H and O–H groups in total. The van der Waals surface area contributed by atoms with Gasteiger partial charge in [-0.1, -0.05) is 12.1 Å². The molecule has 0 unspecified atom stereocenters. The molecule has 0 radical (unpaired) electrons. The number of nitro groups is 1. The van der Waals surface area contributed by atoms with Crippen LogP contribution in [-0.2, 0) is 7.05 Å². The van der Waals surface area contributed by atoms with Crippen molar-refractivity contribution in [1.82, 2.24) is 19.5 Å². The number of nitrogens with zero attached hydrogens (tertiary/aromatic N) is 3. The molecule has 0 amide bonds. The van der Waals surface area contributed by atoms with E-state index in [2.05, 4.69) is 15.0 Å². The van der Waals surface area contributed by atoms with Crippen molar-refractivity contribution in [2.75, 3.05) is 0 Å². The summed E-state index contributed by atoms with van der Waals surface area (Å²) < 4.78 is 1.16. The fourth-order valence-corrected chi connectivity index (χ4v) is 2.07. The number of hydrogen-bond acceptors (Lipinski definition) is 5. The molecule has 0 atom stereocenters. The summed E-state index contributed by atoms with van der Waals surface area (Å²) in [4.78, 5) is 42.7. The van der Waals surface area contributed by atoms with E-state index in [-0.39, 0.29) is 28.2 Å². The van der Waals surface area contributed by atoms with Crippen LogP contribution < -0.4 is 11.2 Å². The van der Waals surface area contributed by atoms with Crippen molar-refractivity contribution in [3.8, 4) is 11.4 Å². The Morgan fingerprint density at radius 2 is 1.95 bits per heavy atom. The van der Waals surface area contributed by atoms with Crippen LogP contribution in [0.3, 0.4) is 0 Å². The van der Waals surface area contributed by atoms with Crippen molar-refractivity contribution in [1.29, 1.82) is 0 Å². The lowest BCUT2D eigenvalue weighted by molar-refractivity contribution is -0.384. The fraction of sp³-hybridized carbons (Fsp3) is 0.0833. The first-order chi connectivity index (χ1) is 9.99. The van der Waals surface area contributed by atoms with Crippen LogP contribution in [-0.4, -0.2) is 24.4 Å². The number of aryl methyl sites for hydroxylation is 1. The molecule has 2 heterocycles. The van der Waals surface area contributed by atoms with Crippen LogP contribution in [0.15, 0.2) is 33.9 Å². The average molecular weight is 287 g/mol. The van der Waals surface area contributed by atoms with Gasteiger partial charge in [-0.05, 0) is 6.07 Å². The van der Waals surface area contributed by atoms with Crippen molar-refractivity contribution in [2.24, 2.45) is 7.05 Å². The van der Waals surface area contributed by atoms with Gasteiger partial charge in [-0.3, -0.25) is 24.5 Å². The van der Waals surface area contributed by atoms with Gasteiger partial charge >= 0.3 is 5.69 Å². The smallest absolute Gasteiger partial charge is 0.329 e. The van der Waals surface area contributed by atoms with E-state index < -0.39 is 16.2 Å². The fourth-order valence-electron chi connectivity index (χ4n) is 2.07. The lowest BCUT2D eigenvalue weighted by atomic mass is 10.2. The van der Waals surface area contributed by atoms with Crippen LogP contribution in [0.5, 0.6) is 0 Å². The second kappa shape index (κ2) is 4.40. The van der Waals surface area contributed by atoms with Crippen LogP contribution in [0, 0.1) is 10.1 Å². The first kappa shape index (κ1) is 12.8. The van der Waals surface area contributed by atoms with Crippen LogP contribution >= 0.6 is 0 Å². The van der Waals surface area contributed by atoms with Crippen LogP contribution in [0.25, 0.3) is 22.6 Å². The number of rotatable bonds is 2. The first-order valence-corrected chi connectivity index (χ1v) is 5.92. The number of H-pyrrole nitrogens is 2. The Bertz CT molecular complexity index is 981. The van der Waals surface area contributed by atoms with Gasteiger partial charge in [0, 0.05) is 13.1 Å².